The number of benzene rings is 1. The van der Waals surface area contributed by atoms with Crippen LogP contribution in [0.1, 0.15) is 85.5 Å². The van der Waals surface area contributed by atoms with Crippen LogP contribution in [0.5, 0.6) is 0 Å². The van der Waals surface area contributed by atoms with E-state index in [1.807, 2.05) is 0 Å². The van der Waals surface area contributed by atoms with Crippen molar-refractivity contribution >= 4 is 76.4 Å². The molecular formula is C56H100Fm2N6O22S3. The molecule has 0 aromatic heterocycles. The second-order valence-corrected chi connectivity index (χ2v) is 21.2. The number of esters is 1. The van der Waals surface area contributed by atoms with Gasteiger partial charge in [-0.05, 0) is 63.7 Å². The number of nitrogens with zero attached hydrogens (tertiary/aromatic N) is 4. The molecule has 15 atom stereocenters. The number of likely N-dealkylation sites (tertiary alicyclic amines) is 4. The fourth-order valence-electron chi connectivity index (χ4n) is 12.7. The summed E-state index contributed by atoms with van der Waals surface area (Å²) in [6.45, 7) is 7.53. The van der Waals surface area contributed by atoms with E-state index in [9.17, 15) is 44.1 Å². The van der Waals surface area contributed by atoms with E-state index < -0.39 is 60.1 Å². The zero-order chi connectivity index (χ0) is 57.5. The molecule has 89 heavy (non-hydrogen) atoms. The first-order valence-electron chi connectivity index (χ1n) is 27.2. The van der Waals surface area contributed by atoms with Crippen LogP contribution in [0.25, 0.3) is 0 Å². The van der Waals surface area contributed by atoms with Gasteiger partial charge in [0.1, 0.15) is 44.1 Å². The normalized spacial score (nSPS) is 32.1. The number of hydrogen-bond donors (Lipinski definition) is 7. The first-order chi connectivity index (χ1) is 38.4. The van der Waals surface area contributed by atoms with Crippen LogP contribution >= 0.6 is 40.5 Å². The summed E-state index contributed by atoms with van der Waals surface area (Å²) < 4.78 is 58.8. The van der Waals surface area contributed by atoms with Gasteiger partial charge in [-0.15, -0.1) is 0 Å². The van der Waals surface area contributed by atoms with Crippen LogP contribution in [-0.4, -0.2) is 291 Å². The van der Waals surface area contributed by atoms with E-state index in [1.54, 1.807) is 49.5 Å². The molecule has 12 fully saturated rings. The first kappa shape index (κ1) is 85.4. The van der Waals surface area contributed by atoms with Crippen LogP contribution < -0.4 is 10.6 Å². The molecule has 33 heteroatoms. The van der Waals surface area contributed by atoms with Gasteiger partial charge in [0.15, 0.2) is 5.78 Å². The maximum absolute atomic E-state index is 12.4. The number of nitrogens with one attached hydrogen (secondary N) is 2. The van der Waals surface area contributed by atoms with Crippen molar-refractivity contribution < 1.29 is 106 Å². The zero-order valence-electron chi connectivity index (χ0n) is 47.8. The van der Waals surface area contributed by atoms with E-state index >= 15 is 0 Å². The summed E-state index contributed by atoms with van der Waals surface area (Å²) in [5.74, 6) is -2.35. The molecule has 528 valence electrons. The van der Waals surface area contributed by atoms with Crippen molar-refractivity contribution in [2.24, 2.45) is 0 Å². The molecule has 1 aromatic rings. The number of carboxylic acid groups (broad SMARTS) is 2. The molecule has 12 aliphatic rings. The third-order valence-electron chi connectivity index (χ3n) is 16.9. The maximum Gasteiger partial charge on any atom is 0.418 e. The molecule has 0 aliphatic carbocycles. The van der Waals surface area contributed by atoms with Crippen molar-refractivity contribution in [2.45, 2.75) is 178 Å². The van der Waals surface area contributed by atoms with E-state index in [2.05, 4.69) is 10.6 Å². The van der Waals surface area contributed by atoms with Crippen molar-refractivity contribution in [3.8, 4) is 0 Å². The van der Waals surface area contributed by atoms with Crippen LogP contribution in [0.4, 0.5) is 14.4 Å². The van der Waals surface area contributed by atoms with E-state index in [1.165, 1.54) is 35.8 Å². The Balaban J connectivity index is 0. The minimum atomic E-state index is -1.03. The Kier molecular flexibility index (Phi) is 36.0. The van der Waals surface area contributed by atoms with Gasteiger partial charge in [-0.25, -0.2) is 19.2 Å². The third-order valence-corrected chi connectivity index (χ3v) is 16.9. The number of ketones is 1. The SMILES string of the molecule is C.C.C.C.CC(=O)N1CC[C@H]2OC[C@H](O)[C@H]21.COC1(OC)CO[C@@H]2CCN(C(=O)OC(=O)c3ccccc3)[C@@H]21.COC1(OC)CO[C@@H]2CCN[C@@H]21.O=C(O)N1CC[C@H]2OC[C@H](O)[C@H]21.O=C1CO[C@@H]2CCN(C(=O)O)[C@H]12.O[C@H]1CO[C@@H]2CCN[C@H]12.S.S.S.[Fm].[Fm]. The summed E-state index contributed by atoms with van der Waals surface area (Å²) in [7, 11) is 6.34. The molecule has 0 bridgehead atoms. The van der Waals surface area contributed by atoms with Gasteiger partial charge in [0.2, 0.25) is 17.5 Å². The van der Waals surface area contributed by atoms with E-state index in [0.29, 0.717) is 70.4 Å². The minimum absolute atomic E-state index is 0. The van der Waals surface area contributed by atoms with Gasteiger partial charge in [0, 0.05) is 61.5 Å². The van der Waals surface area contributed by atoms with Crippen LogP contribution in [0.15, 0.2) is 30.3 Å². The second-order valence-electron chi connectivity index (χ2n) is 21.2. The molecule has 4 amide bonds. The van der Waals surface area contributed by atoms with Gasteiger partial charge in [-0.3, -0.25) is 24.3 Å². The number of rotatable bonds is 5. The van der Waals surface area contributed by atoms with E-state index in [0.717, 1.165) is 38.9 Å². The Labute approximate surface area is 532 Å². The zero-order valence-corrected chi connectivity index (χ0v) is 55.6. The first-order valence-corrected chi connectivity index (χ1v) is 27.2. The second kappa shape index (κ2) is 37.6. The van der Waals surface area contributed by atoms with E-state index in [-0.39, 0.29) is 162 Å². The summed E-state index contributed by atoms with van der Waals surface area (Å²) in [6, 6.07) is 7.44. The number of carbonyl (C=O) groups excluding carboxylic acids is 4. The minimum Gasteiger partial charge on any atom is -0.465 e. The van der Waals surface area contributed by atoms with Crippen molar-refractivity contribution in [1.29, 1.82) is 0 Å². The van der Waals surface area contributed by atoms with Crippen molar-refractivity contribution in [3.63, 3.8) is 0 Å². The van der Waals surface area contributed by atoms with Gasteiger partial charge in [-0.2, -0.15) is 40.5 Å². The summed E-state index contributed by atoms with van der Waals surface area (Å²) in [5, 5.41) is 52.1. The van der Waals surface area contributed by atoms with Gasteiger partial charge in [0.05, 0.1) is 92.3 Å². The predicted molar refractivity (Wildman–Crippen MR) is 330 cm³/mol. The average molecular weight is 1820 g/mol. The van der Waals surface area contributed by atoms with Crippen LogP contribution in [0.3, 0.4) is 0 Å². The van der Waals surface area contributed by atoms with Gasteiger partial charge in [-0.1, -0.05) is 47.9 Å². The topological polar surface area (TPSA) is 342 Å². The Morgan fingerprint density at radius 1 is 0.551 bits per heavy atom. The summed E-state index contributed by atoms with van der Waals surface area (Å²) in [4.78, 5) is 73.5. The van der Waals surface area contributed by atoms with Crippen molar-refractivity contribution in [1.82, 2.24) is 30.2 Å². The average Bonchev–Trinajstić information content (AvgIpc) is 3.58. The Bertz CT molecular complexity index is 2270. The summed E-state index contributed by atoms with van der Waals surface area (Å²) >= 11 is 0. The Hall–Kier alpha value is -5.71. The Morgan fingerprint density at radius 2 is 1.01 bits per heavy atom. The third kappa shape index (κ3) is 18.3. The van der Waals surface area contributed by atoms with Crippen molar-refractivity contribution in [2.75, 3.05) is 107 Å². The molecule has 0 unspecified atom stereocenters. The van der Waals surface area contributed by atoms with Gasteiger partial charge in [0.25, 0.3) is 0 Å². The Morgan fingerprint density at radius 3 is 1.56 bits per heavy atom. The summed E-state index contributed by atoms with van der Waals surface area (Å²) in [6.07, 6.45) is 1.04. The van der Waals surface area contributed by atoms with Crippen molar-refractivity contribution in [3.05, 3.63) is 35.9 Å². The van der Waals surface area contributed by atoms with E-state index in [4.69, 9.17) is 62.3 Å². The molecule has 13 rings (SSSR count). The number of hydrogen-bond acceptors (Lipinski definition) is 22. The van der Waals surface area contributed by atoms with Crippen LogP contribution in [-0.2, 0) is 61.7 Å². The number of aliphatic hydroxyl groups is 3. The van der Waals surface area contributed by atoms with Gasteiger partial charge >= 0.3 is 24.2 Å². The molecule has 1 aromatic carbocycles. The molecule has 12 aliphatic heterocycles. The molecule has 7 N–H and O–H groups in total. The number of carbonyl (C=O) groups is 6. The number of methoxy groups -OCH3 is 4. The largest absolute Gasteiger partial charge is 0.465 e. The predicted octanol–water partition coefficient (Wildman–Crippen LogP) is 1.72. The fourth-order valence-corrected chi connectivity index (χ4v) is 12.7. The molecule has 0 saturated carbocycles. The number of aliphatic hydroxyl groups excluding tert-OH is 3. The summed E-state index contributed by atoms with van der Waals surface area (Å²) in [5.41, 5.74) is 0.323. The maximum atomic E-state index is 12.4. The molecular weight excluding hydrogens is 1720 g/mol. The fraction of sp³-hybridized carbons (Fsp3) is 0.786. The monoisotopic (exact) mass is 1820 g/mol. The number of ether oxygens (including phenoxy) is 11. The molecule has 12 heterocycles. The molecule has 28 nitrogen and oxygen atoms in total. The molecule has 0 spiro atoms. The quantitative estimate of drug-likeness (QED) is 0.125. The smallest absolute Gasteiger partial charge is 0.418 e. The number of fused-ring (bicyclic) bond motifs is 6. The number of Topliss-reactive ketones (excluding diaryl/α,β-unsaturated/α-hetero) is 1. The van der Waals surface area contributed by atoms with Gasteiger partial charge < -0.3 is 93.2 Å². The molecule has 12 saturated heterocycles. The molecule has 0 radical (unpaired) electrons. The standard InChI is InChI=1S/C16H19NO6.C8H15NO3.C8H13NO3.C7H11NO4.C7H9NO4.C6H11NO2.4CH4.2Fm.3H2S/c1-20-16(21-2)10-22-12-8-9-17(13(12)16)15(19)23-14(18)11-6-4-3-5-7-11;1-10-8(11-2)5-12-6-3-4-9-7(6)8;1-5(10)9-3-2-7-8(9)6(11)4-12-7;2*9-4-3-12-5-1-2-8(6(4)5)7(10)11;8-4-3-9-5-1-2-7-6(4)5;;;;;;;;;/h3-7,12-13H,8-10H2,1-2H3;6-7,9H,3-5H2,1-2H3;6-8,11H,2-4H2,1H3;4-6,9H,1-3H2,(H,10,11);5-6H,1-3H2,(H,10,11);4-8H,1-3H2;4*1H4;;;3*1H2/t12-,13+;6-,7+;6-,7+,8+;4-,5+,6+;5-,6-;4-,5+,6+;;;;;;;;;/m110010........./s1. The van der Waals surface area contributed by atoms with Crippen LogP contribution in [0.2, 0.25) is 0 Å². The van der Waals surface area contributed by atoms with Crippen LogP contribution in [0, 0.1) is 0 Å². The number of amides is 4.